The minimum absolute atomic E-state index is 0.0360. The van der Waals surface area contributed by atoms with Crippen molar-refractivity contribution in [1.29, 1.82) is 0 Å². The van der Waals surface area contributed by atoms with Gasteiger partial charge in [-0.3, -0.25) is 9.59 Å². The molecule has 0 aliphatic carbocycles. The number of fused-ring (bicyclic) bond motifs is 2. The van der Waals surface area contributed by atoms with E-state index in [9.17, 15) is 39.0 Å². The van der Waals surface area contributed by atoms with Gasteiger partial charge in [0.1, 0.15) is 37.4 Å². The third-order valence-electron chi connectivity index (χ3n) is 9.93. The molecule has 6 aromatic rings. The van der Waals surface area contributed by atoms with Gasteiger partial charge in [-0.05, 0) is 55.9 Å². The Labute approximate surface area is 376 Å². The lowest BCUT2D eigenvalue weighted by atomic mass is 10.1. The Balaban J connectivity index is 1.02. The largest absolute Gasteiger partial charge is 0.480 e. The van der Waals surface area contributed by atoms with Crippen LogP contribution in [0.2, 0.25) is 0 Å². The maximum Gasteiger partial charge on any atom is 0.408 e. The van der Waals surface area contributed by atoms with Crippen molar-refractivity contribution >= 4 is 79.1 Å². The lowest BCUT2D eigenvalue weighted by Crippen LogP contribution is -2.53. The van der Waals surface area contributed by atoms with Gasteiger partial charge in [-0.1, -0.05) is 155 Å². The predicted molar refractivity (Wildman–Crippen MR) is 246 cm³/mol. The fraction of sp³-hybridized carbons (Fsp3) is 0.208. The van der Waals surface area contributed by atoms with Crippen molar-refractivity contribution in [2.75, 3.05) is 11.5 Å². The normalized spacial score (nSPS) is 12.8. The van der Waals surface area contributed by atoms with E-state index in [1.165, 1.54) is 0 Å². The molecule has 16 heteroatoms. The zero-order valence-corrected chi connectivity index (χ0v) is 36.0. The lowest BCUT2D eigenvalue weighted by Gasteiger charge is -2.22. The summed E-state index contributed by atoms with van der Waals surface area (Å²) in [7, 11) is 1.94. The van der Waals surface area contributed by atoms with Gasteiger partial charge in [-0.15, -0.1) is 0 Å². The molecule has 64 heavy (non-hydrogen) atoms. The van der Waals surface area contributed by atoms with Crippen LogP contribution in [0.5, 0.6) is 0 Å². The van der Waals surface area contributed by atoms with Gasteiger partial charge in [0.25, 0.3) is 0 Å². The molecule has 0 heterocycles. The highest BCUT2D eigenvalue weighted by atomic mass is 33.1. The highest BCUT2D eigenvalue weighted by Crippen LogP contribution is 2.24. The second kappa shape index (κ2) is 23.4. The standard InChI is InChI=1S/C48H46N4O10S2/c53-43(39(25-31-11-3-1-4-12-31)51-47(59)61-27-33-19-21-35-15-7-9-17-37(35)23-33)49-41(45(55)56)29-63-64-30-42(46(57)58)50-44(54)40(26-32-13-5-2-6-14-32)52-48(60)62-28-34-20-22-36-16-8-10-18-38(36)24-34/h1-24,39-42H,25-30H2,(H,49,53)(H,50,54)(H,51,59)(H,52,60)(H,55,56)(H,57,58)/t39-,40-,41-,42-/m0/s1. The molecule has 4 atom stereocenters. The third-order valence-corrected chi connectivity index (χ3v) is 12.4. The molecule has 0 aliphatic heterocycles. The van der Waals surface area contributed by atoms with Gasteiger partial charge >= 0.3 is 24.1 Å². The van der Waals surface area contributed by atoms with E-state index in [4.69, 9.17) is 9.47 Å². The molecule has 0 saturated carbocycles. The van der Waals surface area contributed by atoms with Crippen molar-refractivity contribution in [2.24, 2.45) is 0 Å². The first-order valence-electron chi connectivity index (χ1n) is 20.2. The summed E-state index contributed by atoms with van der Waals surface area (Å²) in [6.45, 7) is -0.132. The molecule has 4 amide bonds. The number of ether oxygens (including phenoxy) is 2. The van der Waals surface area contributed by atoms with Crippen LogP contribution in [0.25, 0.3) is 21.5 Å². The summed E-state index contributed by atoms with van der Waals surface area (Å²) in [5.41, 5.74) is 2.88. The molecule has 0 unspecified atom stereocenters. The van der Waals surface area contributed by atoms with E-state index >= 15 is 0 Å². The molecule has 6 aromatic carbocycles. The lowest BCUT2D eigenvalue weighted by molar-refractivity contribution is -0.141. The molecular formula is C48H46N4O10S2. The summed E-state index contributed by atoms with van der Waals surface area (Å²) < 4.78 is 10.9. The summed E-state index contributed by atoms with van der Waals surface area (Å²) in [6, 6.07) is 39.2. The van der Waals surface area contributed by atoms with E-state index in [0.29, 0.717) is 11.1 Å². The number of carbonyl (C=O) groups is 6. The van der Waals surface area contributed by atoms with E-state index < -0.39 is 60.1 Å². The Bertz CT molecular complexity index is 2390. The molecule has 6 N–H and O–H groups in total. The first kappa shape index (κ1) is 46.5. The smallest absolute Gasteiger partial charge is 0.408 e. The summed E-state index contributed by atoms with van der Waals surface area (Å²) in [6.07, 6.45) is -1.67. The number of hydrogen-bond donors (Lipinski definition) is 6. The number of amides is 4. The number of aliphatic carboxylic acids is 2. The van der Waals surface area contributed by atoms with E-state index in [2.05, 4.69) is 21.3 Å². The number of carboxylic acids is 2. The number of rotatable bonds is 21. The Morgan fingerprint density at radius 3 is 1.16 bits per heavy atom. The second-order valence-electron chi connectivity index (χ2n) is 14.7. The van der Waals surface area contributed by atoms with Crippen LogP contribution < -0.4 is 21.3 Å². The van der Waals surface area contributed by atoms with Gasteiger partial charge in [-0.25, -0.2) is 19.2 Å². The topological polar surface area (TPSA) is 209 Å². The van der Waals surface area contributed by atoms with Crippen LogP contribution in [0.15, 0.2) is 146 Å². The summed E-state index contributed by atoms with van der Waals surface area (Å²) in [4.78, 5) is 77.7. The third kappa shape index (κ3) is 14.3. The van der Waals surface area contributed by atoms with Crippen LogP contribution in [0.3, 0.4) is 0 Å². The minimum Gasteiger partial charge on any atom is -0.480 e. The zero-order valence-electron chi connectivity index (χ0n) is 34.4. The molecule has 6 rings (SSSR count). The molecular weight excluding hydrogens is 857 g/mol. The van der Waals surface area contributed by atoms with Crippen molar-refractivity contribution in [2.45, 2.75) is 50.2 Å². The first-order chi connectivity index (χ1) is 31.0. The Hall–Kier alpha value is -7.04. The van der Waals surface area contributed by atoms with Crippen LogP contribution in [0, 0.1) is 0 Å². The fourth-order valence-electron chi connectivity index (χ4n) is 6.57. The van der Waals surface area contributed by atoms with Crippen molar-refractivity contribution in [3.8, 4) is 0 Å². The van der Waals surface area contributed by atoms with Crippen LogP contribution >= 0.6 is 21.6 Å². The number of hydrogen-bond acceptors (Lipinski definition) is 10. The number of carbonyl (C=O) groups excluding carboxylic acids is 4. The number of nitrogens with one attached hydrogen (secondary N) is 4. The molecule has 0 aliphatic rings. The summed E-state index contributed by atoms with van der Waals surface area (Å²) in [5, 5.41) is 34.2. The SMILES string of the molecule is O=C(N[C@@H](Cc1ccccc1)C(=O)N[C@@H](CSSC[C@H](NC(=O)[C@H](Cc1ccccc1)NC(=O)OCc1ccc2ccccc2c1)C(=O)O)C(=O)O)OCc1ccc2ccccc2c1. The molecule has 0 aromatic heterocycles. The van der Waals surface area contributed by atoms with E-state index in [1.807, 2.05) is 84.9 Å². The number of benzene rings is 6. The van der Waals surface area contributed by atoms with Gasteiger partial charge in [0.15, 0.2) is 0 Å². The van der Waals surface area contributed by atoms with E-state index in [0.717, 1.165) is 54.3 Å². The second-order valence-corrected chi connectivity index (χ2v) is 17.2. The fourth-order valence-corrected chi connectivity index (χ4v) is 8.88. The molecule has 14 nitrogen and oxygen atoms in total. The molecule has 330 valence electrons. The van der Waals surface area contributed by atoms with Crippen LogP contribution in [-0.4, -0.2) is 81.8 Å². The van der Waals surface area contributed by atoms with Crippen molar-refractivity contribution < 1.29 is 48.5 Å². The zero-order chi connectivity index (χ0) is 45.3. The Morgan fingerprint density at radius 1 is 0.422 bits per heavy atom. The monoisotopic (exact) mass is 902 g/mol. The van der Waals surface area contributed by atoms with Crippen molar-refractivity contribution in [1.82, 2.24) is 21.3 Å². The van der Waals surface area contributed by atoms with Gasteiger partial charge in [0.05, 0.1) is 0 Å². The number of carboxylic acid groups (broad SMARTS) is 2. The van der Waals surface area contributed by atoms with E-state index in [-0.39, 0.29) is 37.6 Å². The van der Waals surface area contributed by atoms with Crippen LogP contribution in [-0.2, 0) is 54.7 Å². The first-order valence-corrected chi connectivity index (χ1v) is 22.7. The molecule has 0 fully saturated rings. The van der Waals surface area contributed by atoms with Gasteiger partial charge in [0.2, 0.25) is 11.8 Å². The van der Waals surface area contributed by atoms with Crippen molar-refractivity contribution in [3.63, 3.8) is 0 Å². The predicted octanol–water partition coefficient (Wildman–Crippen LogP) is 6.89. The maximum atomic E-state index is 13.6. The Kier molecular flexibility index (Phi) is 17.0. The maximum absolute atomic E-state index is 13.6. The molecule has 0 radical (unpaired) electrons. The quantitative estimate of drug-likeness (QED) is 0.0323. The summed E-state index contributed by atoms with van der Waals surface area (Å²) in [5.74, 6) is -4.65. The van der Waals surface area contributed by atoms with Gasteiger partial charge in [-0.2, -0.15) is 0 Å². The molecule has 0 spiro atoms. The van der Waals surface area contributed by atoms with E-state index in [1.54, 1.807) is 60.7 Å². The number of alkyl carbamates (subject to hydrolysis) is 2. The van der Waals surface area contributed by atoms with Crippen LogP contribution in [0.1, 0.15) is 22.3 Å². The minimum atomic E-state index is -1.43. The molecule has 0 bridgehead atoms. The summed E-state index contributed by atoms with van der Waals surface area (Å²) >= 11 is 0. The molecule has 0 saturated heterocycles. The van der Waals surface area contributed by atoms with Gasteiger partial charge < -0.3 is 41.0 Å². The van der Waals surface area contributed by atoms with Crippen LogP contribution in [0.4, 0.5) is 9.59 Å². The van der Waals surface area contributed by atoms with Gasteiger partial charge in [0, 0.05) is 24.3 Å². The Morgan fingerprint density at radius 2 is 0.781 bits per heavy atom. The average Bonchev–Trinajstić information content (AvgIpc) is 3.30. The van der Waals surface area contributed by atoms with Crippen molar-refractivity contribution in [3.05, 3.63) is 168 Å². The highest BCUT2D eigenvalue weighted by Gasteiger charge is 2.30. The average molecular weight is 903 g/mol. The highest BCUT2D eigenvalue weighted by molar-refractivity contribution is 8.76.